The van der Waals surface area contributed by atoms with Gasteiger partial charge in [0.15, 0.2) is 6.29 Å². The van der Waals surface area contributed by atoms with Crippen LogP contribution in [0.5, 0.6) is 5.75 Å². The van der Waals surface area contributed by atoms with Gasteiger partial charge in [0.25, 0.3) is 0 Å². The number of allylic oxidation sites excluding steroid dienone is 1. The molecule has 0 radical (unpaired) electrons. The minimum atomic E-state index is -0.0553. The Labute approximate surface area is 110 Å². The van der Waals surface area contributed by atoms with Gasteiger partial charge in [0, 0.05) is 6.42 Å². The Balaban J connectivity index is 1.86. The van der Waals surface area contributed by atoms with Gasteiger partial charge >= 0.3 is 0 Å². The van der Waals surface area contributed by atoms with Crippen molar-refractivity contribution in [2.45, 2.75) is 45.3 Å². The Kier molecular flexibility index (Phi) is 5.28. The van der Waals surface area contributed by atoms with Crippen molar-refractivity contribution in [3.05, 3.63) is 35.9 Å². The van der Waals surface area contributed by atoms with E-state index in [4.69, 9.17) is 9.47 Å². The Morgan fingerprint density at radius 3 is 2.78 bits per heavy atom. The quantitative estimate of drug-likeness (QED) is 0.766. The summed E-state index contributed by atoms with van der Waals surface area (Å²) < 4.78 is 11.3. The van der Waals surface area contributed by atoms with Crippen LogP contribution in [0.15, 0.2) is 30.3 Å². The third-order valence-electron chi connectivity index (χ3n) is 3.05. The Bertz CT molecular complexity index is 361. The molecule has 1 aromatic rings. The van der Waals surface area contributed by atoms with Crippen LogP contribution in [0.1, 0.15) is 44.6 Å². The van der Waals surface area contributed by atoms with Gasteiger partial charge in [-0.1, -0.05) is 37.6 Å². The SMILES string of the molecule is CCC/C=C/c1ccc(OC2CCCCO2)cc1. The van der Waals surface area contributed by atoms with E-state index in [1.165, 1.54) is 18.4 Å². The molecule has 1 atom stereocenters. The van der Waals surface area contributed by atoms with Gasteiger partial charge in [-0.25, -0.2) is 0 Å². The van der Waals surface area contributed by atoms with Crippen LogP contribution < -0.4 is 4.74 Å². The van der Waals surface area contributed by atoms with Crippen molar-refractivity contribution in [2.75, 3.05) is 6.61 Å². The molecule has 2 nitrogen and oxygen atoms in total. The maximum atomic E-state index is 5.79. The third kappa shape index (κ3) is 4.19. The van der Waals surface area contributed by atoms with E-state index in [2.05, 4.69) is 31.2 Å². The zero-order valence-electron chi connectivity index (χ0n) is 11.1. The summed E-state index contributed by atoms with van der Waals surface area (Å²) in [5, 5.41) is 0. The second-order valence-corrected chi connectivity index (χ2v) is 4.67. The molecule has 0 bridgehead atoms. The Hall–Kier alpha value is -1.28. The van der Waals surface area contributed by atoms with Crippen LogP contribution in [-0.2, 0) is 4.74 Å². The fraction of sp³-hybridized carbons (Fsp3) is 0.500. The lowest BCUT2D eigenvalue weighted by Gasteiger charge is -2.23. The van der Waals surface area contributed by atoms with Gasteiger partial charge in [0.1, 0.15) is 5.75 Å². The molecule has 0 aliphatic carbocycles. The zero-order chi connectivity index (χ0) is 12.6. The van der Waals surface area contributed by atoms with Crippen molar-refractivity contribution in [1.82, 2.24) is 0 Å². The summed E-state index contributed by atoms with van der Waals surface area (Å²) in [6, 6.07) is 8.21. The maximum absolute atomic E-state index is 5.79. The van der Waals surface area contributed by atoms with E-state index in [0.29, 0.717) is 0 Å². The highest BCUT2D eigenvalue weighted by atomic mass is 16.7. The first kappa shape index (κ1) is 13.2. The molecule has 2 rings (SSSR count). The molecule has 1 unspecified atom stereocenters. The average Bonchev–Trinajstić information content (AvgIpc) is 2.42. The van der Waals surface area contributed by atoms with Crippen LogP contribution in [0.3, 0.4) is 0 Å². The number of benzene rings is 1. The number of rotatable bonds is 5. The molecule has 1 aliphatic heterocycles. The van der Waals surface area contributed by atoms with E-state index in [0.717, 1.165) is 31.6 Å². The predicted octanol–water partition coefficient (Wildman–Crippen LogP) is 4.41. The highest BCUT2D eigenvalue weighted by molar-refractivity contribution is 5.50. The van der Waals surface area contributed by atoms with Crippen molar-refractivity contribution in [3.8, 4) is 5.75 Å². The molecule has 0 spiro atoms. The van der Waals surface area contributed by atoms with E-state index in [-0.39, 0.29) is 6.29 Å². The van der Waals surface area contributed by atoms with Gasteiger partial charge in [0.05, 0.1) is 6.61 Å². The van der Waals surface area contributed by atoms with Crippen molar-refractivity contribution in [2.24, 2.45) is 0 Å². The van der Waals surface area contributed by atoms with E-state index in [1.54, 1.807) is 0 Å². The summed E-state index contributed by atoms with van der Waals surface area (Å²) in [4.78, 5) is 0. The summed E-state index contributed by atoms with van der Waals surface area (Å²) >= 11 is 0. The third-order valence-corrected chi connectivity index (χ3v) is 3.05. The molecular weight excluding hydrogens is 224 g/mol. The normalized spacial score (nSPS) is 20.2. The fourth-order valence-electron chi connectivity index (χ4n) is 2.00. The van der Waals surface area contributed by atoms with Crippen molar-refractivity contribution >= 4 is 6.08 Å². The van der Waals surface area contributed by atoms with Crippen molar-refractivity contribution in [1.29, 1.82) is 0 Å². The highest BCUT2D eigenvalue weighted by Crippen LogP contribution is 2.20. The van der Waals surface area contributed by atoms with Gasteiger partial charge in [-0.2, -0.15) is 0 Å². The monoisotopic (exact) mass is 246 g/mol. The molecule has 1 aromatic carbocycles. The van der Waals surface area contributed by atoms with Gasteiger partial charge in [-0.05, 0) is 37.0 Å². The van der Waals surface area contributed by atoms with Crippen LogP contribution in [0.2, 0.25) is 0 Å². The molecule has 1 aliphatic rings. The van der Waals surface area contributed by atoms with Crippen LogP contribution in [-0.4, -0.2) is 12.9 Å². The first-order valence-electron chi connectivity index (χ1n) is 6.93. The van der Waals surface area contributed by atoms with E-state index in [1.807, 2.05) is 12.1 Å². The van der Waals surface area contributed by atoms with Crippen LogP contribution >= 0.6 is 0 Å². The number of ether oxygens (including phenoxy) is 2. The minimum Gasteiger partial charge on any atom is -0.465 e. The fourth-order valence-corrected chi connectivity index (χ4v) is 2.00. The van der Waals surface area contributed by atoms with Gasteiger partial charge in [0.2, 0.25) is 0 Å². The number of unbranched alkanes of at least 4 members (excludes halogenated alkanes) is 1. The second-order valence-electron chi connectivity index (χ2n) is 4.67. The van der Waals surface area contributed by atoms with Crippen LogP contribution in [0.4, 0.5) is 0 Å². The summed E-state index contributed by atoms with van der Waals surface area (Å²) in [7, 11) is 0. The predicted molar refractivity (Wildman–Crippen MR) is 74.6 cm³/mol. The maximum Gasteiger partial charge on any atom is 0.199 e. The van der Waals surface area contributed by atoms with E-state index >= 15 is 0 Å². The molecule has 1 heterocycles. The minimum absolute atomic E-state index is 0.0553. The van der Waals surface area contributed by atoms with Crippen molar-refractivity contribution in [3.63, 3.8) is 0 Å². The van der Waals surface area contributed by atoms with Crippen LogP contribution in [0, 0.1) is 0 Å². The highest BCUT2D eigenvalue weighted by Gasteiger charge is 2.14. The molecule has 1 fully saturated rings. The zero-order valence-corrected chi connectivity index (χ0v) is 11.1. The van der Waals surface area contributed by atoms with Crippen molar-refractivity contribution < 1.29 is 9.47 Å². The Morgan fingerprint density at radius 2 is 2.11 bits per heavy atom. The standard InChI is InChI=1S/C16H22O2/c1-2-3-4-7-14-9-11-15(12-10-14)18-16-8-5-6-13-17-16/h4,7,9-12,16H,2-3,5-6,8,13H2,1H3/b7-4+. The van der Waals surface area contributed by atoms with E-state index < -0.39 is 0 Å². The Morgan fingerprint density at radius 1 is 1.28 bits per heavy atom. The van der Waals surface area contributed by atoms with E-state index in [9.17, 15) is 0 Å². The summed E-state index contributed by atoms with van der Waals surface area (Å²) in [5.74, 6) is 0.898. The smallest absolute Gasteiger partial charge is 0.199 e. The van der Waals surface area contributed by atoms with Gasteiger partial charge in [-0.3, -0.25) is 0 Å². The molecule has 18 heavy (non-hydrogen) atoms. The number of hydrogen-bond acceptors (Lipinski definition) is 2. The summed E-state index contributed by atoms with van der Waals surface area (Å²) in [5.41, 5.74) is 1.22. The molecule has 98 valence electrons. The lowest BCUT2D eigenvalue weighted by molar-refractivity contribution is -0.105. The lowest BCUT2D eigenvalue weighted by atomic mass is 10.2. The molecule has 0 amide bonds. The molecule has 0 N–H and O–H groups in total. The van der Waals surface area contributed by atoms with Gasteiger partial charge in [-0.15, -0.1) is 0 Å². The second kappa shape index (κ2) is 7.22. The molecule has 0 saturated carbocycles. The first-order valence-corrected chi connectivity index (χ1v) is 6.93. The molecule has 2 heteroatoms. The molecule has 1 saturated heterocycles. The summed E-state index contributed by atoms with van der Waals surface area (Å²) in [6.45, 7) is 3.01. The lowest BCUT2D eigenvalue weighted by Crippen LogP contribution is -2.24. The van der Waals surface area contributed by atoms with Gasteiger partial charge < -0.3 is 9.47 Å². The largest absolute Gasteiger partial charge is 0.465 e. The van der Waals surface area contributed by atoms with Crippen LogP contribution in [0.25, 0.3) is 6.08 Å². The first-order chi connectivity index (χ1) is 8.88. The summed E-state index contributed by atoms with van der Waals surface area (Å²) in [6.07, 6.45) is 9.98. The molecule has 0 aromatic heterocycles. The topological polar surface area (TPSA) is 18.5 Å². The number of hydrogen-bond donors (Lipinski definition) is 0. The average molecular weight is 246 g/mol. The molecular formula is C16H22O2.